The molecule has 2 aromatic heterocycles. The predicted molar refractivity (Wildman–Crippen MR) is 119 cm³/mol. The third-order valence-corrected chi connectivity index (χ3v) is 7.07. The second-order valence-electron chi connectivity index (χ2n) is 9.11. The molecule has 0 N–H and O–H groups in total. The normalized spacial score (nSPS) is 20.3. The van der Waals surface area contributed by atoms with Crippen LogP contribution in [0.4, 0.5) is 4.39 Å². The second kappa shape index (κ2) is 8.19. The third-order valence-electron chi connectivity index (χ3n) is 7.07. The fraction of sp³-hybridized carbons (Fsp3) is 0.542. The average Bonchev–Trinajstić information content (AvgIpc) is 3.18. The van der Waals surface area contributed by atoms with Gasteiger partial charge in [0, 0.05) is 49.1 Å². The van der Waals surface area contributed by atoms with E-state index in [0.29, 0.717) is 17.4 Å². The molecule has 2 aliphatic heterocycles. The van der Waals surface area contributed by atoms with Crippen LogP contribution in [-0.4, -0.2) is 39.2 Å². The van der Waals surface area contributed by atoms with Crippen LogP contribution in [0.25, 0.3) is 11.0 Å². The Morgan fingerprint density at radius 3 is 2.84 bits per heavy atom. The van der Waals surface area contributed by atoms with E-state index in [9.17, 15) is 9.18 Å². The molecule has 4 heterocycles. The number of halogens is 1. The Balaban J connectivity index is 0.00000245. The summed E-state index contributed by atoms with van der Waals surface area (Å²) in [5.41, 5.74) is 3.37. The van der Waals surface area contributed by atoms with E-state index in [1.807, 2.05) is 11.5 Å². The number of hydrogen-bond acceptors (Lipinski definition) is 5. The Morgan fingerprint density at radius 1 is 1.23 bits per heavy atom. The number of aryl methyl sites for hydroxylation is 1. The fourth-order valence-corrected chi connectivity index (χ4v) is 5.21. The molecule has 1 aromatic carbocycles. The highest BCUT2D eigenvalue weighted by Gasteiger charge is 2.26. The predicted octanol–water partition coefficient (Wildman–Crippen LogP) is 4.40. The summed E-state index contributed by atoms with van der Waals surface area (Å²) in [5.74, 6) is 1.33. The molecule has 1 fully saturated rings. The van der Waals surface area contributed by atoms with Crippen molar-refractivity contribution in [2.24, 2.45) is 0 Å². The van der Waals surface area contributed by atoms with Crippen LogP contribution in [0.3, 0.4) is 0 Å². The van der Waals surface area contributed by atoms with Gasteiger partial charge in [-0.25, -0.2) is 9.37 Å². The maximum Gasteiger partial charge on any atom is 0.256 e. The second-order valence-corrected chi connectivity index (χ2v) is 9.11. The van der Waals surface area contributed by atoms with Crippen LogP contribution in [0.2, 0.25) is 0 Å². The van der Waals surface area contributed by atoms with E-state index < -0.39 is 0 Å². The van der Waals surface area contributed by atoms with E-state index in [-0.39, 0.29) is 12.8 Å². The van der Waals surface area contributed by atoms with Gasteiger partial charge >= 0.3 is 0 Å². The molecule has 166 valence electrons. The molecule has 0 bridgehead atoms. The van der Waals surface area contributed by atoms with Gasteiger partial charge in [-0.15, -0.1) is 0 Å². The molecule has 31 heavy (non-hydrogen) atoms. The van der Waals surface area contributed by atoms with Crippen molar-refractivity contribution in [3.63, 3.8) is 0 Å². The van der Waals surface area contributed by atoms with Gasteiger partial charge in [-0.3, -0.25) is 9.36 Å². The Kier molecular flexibility index (Phi) is 5.38. The van der Waals surface area contributed by atoms with Crippen molar-refractivity contribution >= 4 is 11.0 Å². The van der Waals surface area contributed by atoms with Crippen molar-refractivity contribution < 1.29 is 10.3 Å². The highest BCUT2D eigenvalue weighted by Crippen LogP contribution is 2.33. The highest BCUT2D eigenvalue weighted by atomic mass is 19.1. The molecular weight excluding hydrogens is 395 g/mol. The van der Waals surface area contributed by atoms with Crippen LogP contribution < -0.4 is 5.56 Å². The molecule has 1 unspecified atom stereocenters. The molecule has 7 heteroatoms. The van der Waals surface area contributed by atoms with Crippen molar-refractivity contribution in [2.75, 3.05) is 19.6 Å². The number of fused-ring (bicyclic) bond motifs is 2. The minimum absolute atomic E-state index is 0. The van der Waals surface area contributed by atoms with E-state index in [1.165, 1.54) is 12.1 Å². The van der Waals surface area contributed by atoms with Gasteiger partial charge in [0.1, 0.15) is 11.6 Å². The van der Waals surface area contributed by atoms with Gasteiger partial charge in [-0.2, -0.15) is 0 Å². The van der Waals surface area contributed by atoms with Crippen molar-refractivity contribution in [1.82, 2.24) is 19.6 Å². The van der Waals surface area contributed by atoms with Crippen LogP contribution in [0.5, 0.6) is 0 Å². The summed E-state index contributed by atoms with van der Waals surface area (Å²) in [6.45, 7) is 7.70. The maximum absolute atomic E-state index is 13.4. The standard InChI is InChI=1S/C24H29FN4O2.H2/c1-15-4-3-10-29-23(15)26-16(2)19(24(29)30)9-13-28-11-7-17(8-12-28)22-20-6-5-18(25)14-21(20)31-27-22;/h5-6,14-15,17H,3-4,7-13H2,1-2H3;1H. The Morgan fingerprint density at radius 2 is 2.03 bits per heavy atom. The smallest absolute Gasteiger partial charge is 0.256 e. The molecule has 1 saturated heterocycles. The Labute approximate surface area is 182 Å². The summed E-state index contributed by atoms with van der Waals surface area (Å²) < 4.78 is 20.7. The molecular formula is C24H31FN4O2. The minimum atomic E-state index is -0.303. The van der Waals surface area contributed by atoms with Crippen molar-refractivity contribution in [1.29, 1.82) is 0 Å². The lowest BCUT2D eigenvalue weighted by atomic mass is 9.91. The van der Waals surface area contributed by atoms with Gasteiger partial charge < -0.3 is 9.42 Å². The Bertz CT molecular complexity index is 1170. The third kappa shape index (κ3) is 3.80. The number of likely N-dealkylation sites (tertiary alicyclic amines) is 1. The molecule has 0 radical (unpaired) electrons. The molecule has 0 amide bonds. The van der Waals surface area contributed by atoms with Crippen LogP contribution in [0.1, 0.15) is 68.6 Å². The van der Waals surface area contributed by atoms with E-state index >= 15 is 0 Å². The Hall–Kier alpha value is -2.54. The van der Waals surface area contributed by atoms with Gasteiger partial charge in [0.15, 0.2) is 5.58 Å². The minimum Gasteiger partial charge on any atom is -0.356 e. The van der Waals surface area contributed by atoms with E-state index in [2.05, 4.69) is 17.0 Å². The first kappa shape index (κ1) is 20.4. The summed E-state index contributed by atoms with van der Waals surface area (Å²) in [7, 11) is 0. The van der Waals surface area contributed by atoms with E-state index in [1.54, 1.807) is 6.07 Å². The number of aromatic nitrogens is 3. The summed E-state index contributed by atoms with van der Waals surface area (Å²) >= 11 is 0. The van der Waals surface area contributed by atoms with Crippen LogP contribution in [0, 0.1) is 12.7 Å². The number of piperidine rings is 1. The zero-order chi connectivity index (χ0) is 21.5. The van der Waals surface area contributed by atoms with Gasteiger partial charge in [-0.05, 0) is 64.3 Å². The number of benzene rings is 1. The quantitative estimate of drug-likeness (QED) is 0.619. The average molecular weight is 427 g/mol. The number of hydrogen-bond donors (Lipinski definition) is 0. The van der Waals surface area contributed by atoms with E-state index in [4.69, 9.17) is 9.51 Å². The van der Waals surface area contributed by atoms with Crippen LogP contribution in [0.15, 0.2) is 27.5 Å². The molecule has 0 aliphatic carbocycles. The zero-order valence-electron chi connectivity index (χ0n) is 18.2. The molecule has 3 aromatic rings. The summed E-state index contributed by atoms with van der Waals surface area (Å²) in [4.78, 5) is 20.3. The lowest BCUT2D eigenvalue weighted by Gasteiger charge is -2.31. The first-order chi connectivity index (χ1) is 15.0. The molecule has 0 saturated carbocycles. The summed E-state index contributed by atoms with van der Waals surface area (Å²) in [5, 5.41) is 5.15. The molecule has 1 atom stereocenters. The lowest BCUT2D eigenvalue weighted by Crippen LogP contribution is -2.37. The van der Waals surface area contributed by atoms with Crippen molar-refractivity contribution in [2.45, 2.75) is 64.3 Å². The summed E-state index contributed by atoms with van der Waals surface area (Å²) in [6, 6.07) is 4.63. The first-order valence-corrected chi connectivity index (χ1v) is 11.4. The van der Waals surface area contributed by atoms with E-state index in [0.717, 1.165) is 86.4 Å². The fourth-order valence-electron chi connectivity index (χ4n) is 5.21. The van der Waals surface area contributed by atoms with Gasteiger partial charge in [0.25, 0.3) is 5.56 Å². The molecule has 0 spiro atoms. The van der Waals surface area contributed by atoms with Crippen molar-refractivity contribution in [3.8, 4) is 0 Å². The van der Waals surface area contributed by atoms with Gasteiger partial charge in [0.2, 0.25) is 0 Å². The topological polar surface area (TPSA) is 64.2 Å². The monoisotopic (exact) mass is 426 g/mol. The van der Waals surface area contributed by atoms with Gasteiger partial charge in [0.05, 0.1) is 5.69 Å². The molecule has 2 aliphatic rings. The summed E-state index contributed by atoms with van der Waals surface area (Å²) in [6.07, 6.45) is 4.86. The number of nitrogens with zero attached hydrogens (tertiary/aromatic N) is 4. The van der Waals surface area contributed by atoms with Gasteiger partial charge in [-0.1, -0.05) is 12.1 Å². The zero-order valence-corrected chi connectivity index (χ0v) is 18.2. The highest BCUT2D eigenvalue weighted by molar-refractivity contribution is 5.79. The molecule has 5 rings (SSSR count). The SMILES string of the molecule is Cc1nc2n(c(=O)c1CCN1CCC(c3noc4cc(F)ccc34)CC1)CCCC2C.[HH]. The van der Waals surface area contributed by atoms with Crippen LogP contribution in [-0.2, 0) is 13.0 Å². The molecule has 6 nitrogen and oxygen atoms in total. The van der Waals surface area contributed by atoms with Crippen LogP contribution >= 0.6 is 0 Å². The largest absolute Gasteiger partial charge is 0.356 e. The number of rotatable bonds is 4. The lowest BCUT2D eigenvalue weighted by molar-refractivity contribution is 0.211. The van der Waals surface area contributed by atoms with Crippen molar-refractivity contribution in [3.05, 3.63) is 57.1 Å². The first-order valence-electron chi connectivity index (χ1n) is 11.4. The maximum atomic E-state index is 13.4.